The minimum atomic E-state index is -3.09. The van der Waals surface area contributed by atoms with E-state index in [1.807, 2.05) is 32.0 Å². The van der Waals surface area contributed by atoms with Gasteiger partial charge < -0.3 is 9.64 Å². The summed E-state index contributed by atoms with van der Waals surface area (Å²) in [5.41, 5.74) is 2.15. The first-order valence-electron chi connectivity index (χ1n) is 11.5. The van der Waals surface area contributed by atoms with E-state index in [4.69, 9.17) is 4.74 Å². The maximum atomic E-state index is 14.6. The SMILES string of the molecule is CCSNC1C(Cc2ccccc2F)N(C(=O)C2CCO2)CC1(F)F.Cc1cccc(C(F)P)c1. The highest BCUT2D eigenvalue weighted by molar-refractivity contribution is 7.97. The second-order valence-electron chi connectivity index (χ2n) is 8.58. The Hall–Kier alpha value is -1.67. The van der Waals surface area contributed by atoms with E-state index in [1.54, 1.807) is 24.3 Å². The average Bonchev–Trinajstić information content (AvgIpc) is 3.02. The number of benzene rings is 2. The molecule has 10 heteroatoms. The molecule has 0 spiro atoms. The van der Waals surface area contributed by atoms with Gasteiger partial charge in [-0.1, -0.05) is 76.1 Å². The molecule has 2 saturated heterocycles. The molecule has 0 saturated carbocycles. The van der Waals surface area contributed by atoms with Crippen molar-refractivity contribution in [1.29, 1.82) is 0 Å². The lowest BCUT2D eigenvalue weighted by Gasteiger charge is -2.33. The molecule has 35 heavy (non-hydrogen) atoms. The fraction of sp³-hybridized carbons (Fsp3) is 0.480. The number of hydrogen-bond donors (Lipinski definition) is 1. The van der Waals surface area contributed by atoms with Crippen molar-refractivity contribution < 1.29 is 27.1 Å². The lowest BCUT2D eigenvalue weighted by atomic mass is 9.98. The molecule has 4 nitrogen and oxygen atoms in total. The maximum Gasteiger partial charge on any atom is 0.283 e. The van der Waals surface area contributed by atoms with E-state index in [1.165, 1.54) is 22.9 Å². The molecule has 0 radical (unpaired) electrons. The van der Waals surface area contributed by atoms with Gasteiger partial charge in [-0.05, 0) is 30.5 Å². The zero-order valence-electron chi connectivity index (χ0n) is 19.7. The molecule has 192 valence electrons. The van der Waals surface area contributed by atoms with Gasteiger partial charge in [0.25, 0.3) is 11.8 Å². The van der Waals surface area contributed by atoms with Crippen LogP contribution in [-0.2, 0) is 16.0 Å². The number of carbonyl (C=O) groups is 1. The summed E-state index contributed by atoms with van der Waals surface area (Å²) in [6.45, 7) is 3.59. The van der Waals surface area contributed by atoms with Crippen LogP contribution in [0.15, 0.2) is 48.5 Å². The van der Waals surface area contributed by atoms with Gasteiger partial charge in [-0.3, -0.25) is 9.52 Å². The molecule has 0 aromatic heterocycles. The van der Waals surface area contributed by atoms with Crippen molar-refractivity contribution in [2.45, 2.75) is 56.7 Å². The number of ether oxygens (including phenoxy) is 1. The Balaban J connectivity index is 0.000000287. The number of rotatable bonds is 7. The third-order valence-corrected chi connectivity index (χ3v) is 7.08. The number of halogens is 4. The van der Waals surface area contributed by atoms with Crippen molar-refractivity contribution in [1.82, 2.24) is 9.62 Å². The van der Waals surface area contributed by atoms with Gasteiger partial charge in [0.15, 0.2) is 0 Å². The summed E-state index contributed by atoms with van der Waals surface area (Å²) in [5.74, 6) is -4.29. The number of likely N-dealkylation sites (tertiary alicyclic amines) is 1. The first kappa shape index (κ1) is 27.9. The zero-order chi connectivity index (χ0) is 25.6. The smallest absolute Gasteiger partial charge is 0.283 e. The van der Waals surface area contributed by atoms with Crippen LogP contribution in [0.4, 0.5) is 17.6 Å². The Morgan fingerprint density at radius 1 is 1.29 bits per heavy atom. The van der Waals surface area contributed by atoms with E-state index in [0.717, 1.165) is 11.1 Å². The maximum absolute atomic E-state index is 14.6. The Morgan fingerprint density at radius 3 is 2.54 bits per heavy atom. The van der Waals surface area contributed by atoms with Crippen molar-refractivity contribution in [3.63, 3.8) is 0 Å². The van der Waals surface area contributed by atoms with Gasteiger partial charge in [0.2, 0.25) is 0 Å². The molecule has 2 aliphatic heterocycles. The van der Waals surface area contributed by atoms with Crippen LogP contribution < -0.4 is 4.72 Å². The monoisotopic (exact) mass is 530 g/mol. The van der Waals surface area contributed by atoms with Crippen LogP contribution in [0.3, 0.4) is 0 Å². The lowest BCUT2D eigenvalue weighted by molar-refractivity contribution is -0.158. The minimum Gasteiger partial charge on any atom is -0.368 e. The fourth-order valence-corrected chi connectivity index (χ4v) is 4.94. The van der Waals surface area contributed by atoms with Crippen LogP contribution >= 0.6 is 21.2 Å². The zero-order valence-corrected chi connectivity index (χ0v) is 21.7. The van der Waals surface area contributed by atoms with Gasteiger partial charge in [-0.25, -0.2) is 17.6 Å². The molecule has 2 aliphatic rings. The summed E-state index contributed by atoms with van der Waals surface area (Å²) in [4.78, 5) is 13.7. The molecule has 0 aliphatic carbocycles. The largest absolute Gasteiger partial charge is 0.368 e. The van der Waals surface area contributed by atoms with Gasteiger partial charge in [-0.15, -0.1) is 0 Å². The van der Waals surface area contributed by atoms with E-state index < -0.39 is 48.3 Å². The summed E-state index contributed by atoms with van der Waals surface area (Å²) < 4.78 is 63.7. The molecule has 5 unspecified atom stereocenters. The Labute approximate surface area is 210 Å². The first-order chi connectivity index (χ1) is 16.6. The van der Waals surface area contributed by atoms with Gasteiger partial charge in [0.1, 0.15) is 23.9 Å². The summed E-state index contributed by atoms with van der Waals surface area (Å²) in [6.07, 6.45) is -0.0888. The van der Waals surface area contributed by atoms with E-state index in [-0.39, 0.29) is 6.42 Å². The van der Waals surface area contributed by atoms with Crippen LogP contribution in [0, 0.1) is 12.7 Å². The molecule has 2 heterocycles. The van der Waals surface area contributed by atoms with Gasteiger partial charge in [-0.2, -0.15) is 0 Å². The Bertz CT molecular complexity index is 993. The summed E-state index contributed by atoms with van der Waals surface area (Å²) in [6, 6.07) is 11.5. The van der Waals surface area contributed by atoms with Crippen molar-refractivity contribution in [2.24, 2.45) is 0 Å². The van der Waals surface area contributed by atoms with Gasteiger partial charge in [0.05, 0.1) is 19.2 Å². The number of carbonyl (C=O) groups excluding carboxylic acids is 1. The number of nitrogens with zero attached hydrogens (tertiary/aromatic N) is 1. The van der Waals surface area contributed by atoms with Gasteiger partial charge >= 0.3 is 0 Å². The molecule has 1 N–H and O–H groups in total. The highest BCUT2D eigenvalue weighted by atomic mass is 32.2. The van der Waals surface area contributed by atoms with Gasteiger partial charge in [0, 0.05) is 12.2 Å². The van der Waals surface area contributed by atoms with Crippen LogP contribution in [0.5, 0.6) is 0 Å². The highest BCUT2D eigenvalue weighted by Crippen LogP contribution is 2.37. The van der Waals surface area contributed by atoms with Crippen LogP contribution in [0.2, 0.25) is 0 Å². The quantitative estimate of drug-likeness (QED) is 0.293. The lowest BCUT2D eigenvalue weighted by Crippen LogP contribution is -2.51. The molecule has 4 rings (SSSR count). The number of amides is 1. The molecule has 0 bridgehead atoms. The van der Waals surface area contributed by atoms with Crippen molar-refractivity contribution >= 4 is 27.1 Å². The van der Waals surface area contributed by atoms with Crippen molar-refractivity contribution in [3.8, 4) is 0 Å². The normalized spacial score (nSPS) is 23.7. The third kappa shape index (κ3) is 7.19. The first-order valence-corrected chi connectivity index (χ1v) is 13.2. The molecular formula is C25H31F4N2O2PS. The predicted octanol–water partition coefficient (Wildman–Crippen LogP) is 5.47. The Kier molecular flexibility index (Phi) is 9.99. The van der Waals surface area contributed by atoms with E-state index in [2.05, 4.69) is 14.0 Å². The number of alkyl halides is 3. The Morgan fingerprint density at radius 2 is 2.00 bits per heavy atom. The fourth-order valence-electron chi connectivity index (χ4n) is 4.06. The summed E-state index contributed by atoms with van der Waals surface area (Å²) in [5, 5.41) is 0. The molecular weight excluding hydrogens is 499 g/mol. The summed E-state index contributed by atoms with van der Waals surface area (Å²) >= 11 is 1.18. The third-order valence-electron chi connectivity index (χ3n) is 5.98. The predicted molar refractivity (Wildman–Crippen MR) is 135 cm³/mol. The number of aryl methyl sites for hydroxylation is 1. The van der Waals surface area contributed by atoms with Crippen LogP contribution in [0.1, 0.15) is 35.9 Å². The van der Waals surface area contributed by atoms with E-state index in [9.17, 15) is 22.4 Å². The number of nitrogens with one attached hydrogen (secondary N) is 1. The van der Waals surface area contributed by atoms with E-state index in [0.29, 0.717) is 24.3 Å². The van der Waals surface area contributed by atoms with E-state index >= 15 is 0 Å². The standard InChI is InChI=1S/C17H21F3N2O2S.C8H10FP/c1-2-25-21-15-13(9-11-5-3-4-6-12(11)18)22(10-17(15,19)20)16(23)14-7-8-24-14;1-6-3-2-4-7(5-6)8(9)10/h3-6,13-15,21H,2,7-10H2,1H3;2-5,8H,10H2,1H3. The minimum absolute atomic E-state index is 0.0304. The average molecular weight is 531 g/mol. The molecule has 5 atom stereocenters. The van der Waals surface area contributed by atoms with Crippen molar-refractivity contribution in [3.05, 3.63) is 71.0 Å². The highest BCUT2D eigenvalue weighted by Gasteiger charge is 2.57. The number of hydrogen-bond acceptors (Lipinski definition) is 4. The topological polar surface area (TPSA) is 41.6 Å². The second-order valence-corrected chi connectivity index (χ2v) is 10.3. The van der Waals surface area contributed by atoms with Crippen LogP contribution in [-0.4, -0.2) is 53.8 Å². The molecule has 2 aromatic carbocycles. The molecule has 2 fully saturated rings. The van der Waals surface area contributed by atoms with Crippen LogP contribution in [0.25, 0.3) is 0 Å². The summed E-state index contributed by atoms with van der Waals surface area (Å²) in [7, 11) is 2.13. The molecule has 2 aromatic rings. The second kappa shape index (κ2) is 12.5. The van der Waals surface area contributed by atoms with Crippen molar-refractivity contribution in [2.75, 3.05) is 18.9 Å². The molecule has 1 amide bonds.